The number of ether oxygens (including phenoxy) is 1. The second kappa shape index (κ2) is 13.1. The standard InChI is InChI=1S/C16H17FN4O4S.C14H16FN3O2/c1-9(17)10-7-13-12(6-11(10)14-4-5-18-20(14)2)15(22)21(16(23)19-13)8-26(3,24)25;1-8(15)9-7-12(16)11(14(19)20-3)6-10(9)13-4-5-17-18(13)2/h4-7,9H,8H2,1-3H3,(H,19,23);4-8H,16H2,1-3H3. The van der Waals surface area contributed by atoms with E-state index in [1.54, 1.807) is 49.4 Å². The normalized spacial score (nSPS) is 12.8. The first-order valence-corrected chi connectivity index (χ1v) is 15.8. The van der Waals surface area contributed by atoms with Crippen molar-refractivity contribution in [1.29, 1.82) is 0 Å². The van der Waals surface area contributed by atoms with Gasteiger partial charge < -0.3 is 15.5 Å². The molecule has 16 heteroatoms. The van der Waals surface area contributed by atoms with Gasteiger partial charge in [0.25, 0.3) is 5.56 Å². The zero-order chi connectivity index (χ0) is 34.1. The Labute approximate surface area is 262 Å². The summed E-state index contributed by atoms with van der Waals surface area (Å²) in [5.74, 6) is -1.29. The average Bonchev–Trinajstić information content (AvgIpc) is 3.61. The van der Waals surface area contributed by atoms with Crippen molar-refractivity contribution >= 4 is 32.4 Å². The van der Waals surface area contributed by atoms with Crippen molar-refractivity contribution in [2.75, 3.05) is 19.1 Å². The lowest BCUT2D eigenvalue weighted by molar-refractivity contribution is 0.0602. The number of sulfone groups is 1. The van der Waals surface area contributed by atoms with E-state index in [0.29, 0.717) is 32.6 Å². The SMILES string of the molecule is CC(F)c1cc2[nH]c(=O)n(CS(C)(=O)=O)c(=O)c2cc1-c1ccnn1C.COC(=O)c1cc(-c2ccnn2C)c(C(C)F)cc1N. The number of benzene rings is 2. The smallest absolute Gasteiger partial charge is 0.339 e. The lowest BCUT2D eigenvalue weighted by Crippen LogP contribution is -2.37. The lowest BCUT2D eigenvalue weighted by Gasteiger charge is -2.14. The van der Waals surface area contributed by atoms with Crippen molar-refractivity contribution in [2.45, 2.75) is 32.1 Å². The molecule has 244 valence electrons. The van der Waals surface area contributed by atoms with Gasteiger partial charge in [0.15, 0.2) is 9.84 Å². The van der Waals surface area contributed by atoms with E-state index < -0.39 is 45.3 Å². The van der Waals surface area contributed by atoms with Gasteiger partial charge in [-0.05, 0) is 61.4 Å². The second-order valence-corrected chi connectivity index (χ2v) is 12.7. The Morgan fingerprint density at radius 3 is 1.93 bits per heavy atom. The zero-order valence-corrected chi connectivity index (χ0v) is 26.7. The lowest BCUT2D eigenvalue weighted by atomic mass is 9.97. The molecule has 0 fully saturated rings. The highest BCUT2D eigenvalue weighted by molar-refractivity contribution is 7.89. The van der Waals surface area contributed by atoms with E-state index in [0.717, 1.165) is 6.26 Å². The Morgan fingerprint density at radius 2 is 1.48 bits per heavy atom. The van der Waals surface area contributed by atoms with E-state index in [1.807, 2.05) is 0 Å². The van der Waals surface area contributed by atoms with Gasteiger partial charge in [-0.1, -0.05) is 0 Å². The number of hydrogen-bond acceptors (Lipinski definition) is 9. The van der Waals surface area contributed by atoms with Crippen LogP contribution >= 0.6 is 0 Å². The summed E-state index contributed by atoms with van der Waals surface area (Å²) >= 11 is 0. The van der Waals surface area contributed by atoms with Crippen LogP contribution in [0.3, 0.4) is 0 Å². The minimum absolute atomic E-state index is 0.0915. The van der Waals surface area contributed by atoms with Crippen molar-refractivity contribution in [3.05, 3.63) is 86.3 Å². The molecule has 13 nitrogen and oxygen atoms in total. The largest absolute Gasteiger partial charge is 0.465 e. The van der Waals surface area contributed by atoms with Crippen LogP contribution in [0.25, 0.3) is 33.4 Å². The minimum atomic E-state index is -3.60. The molecule has 2 aromatic carbocycles. The number of esters is 1. The van der Waals surface area contributed by atoms with Gasteiger partial charge in [0.2, 0.25) is 0 Å². The number of H-pyrrole nitrogens is 1. The number of rotatable bonds is 7. The highest BCUT2D eigenvalue weighted by atomic mass is 32.2. The number of nitrogen functional groups attached to an aromatic ring is 1. The Bertz CT molecular complexity index is 2160. The average molecular weight is 658 g/mol. The first-order valence-electron chi connectivity index (χ1n) is 13.8. The van der Waals surface area contributed by atoms with Crippen LogP contribution in [0.4, 0.5) is 14.5 Å². The molecule has 3 N–H and O–H groups in total. The van der Waals surface area contributed by atoms with Crippen molar-refractivity contribution in [1.82, 2.24) is 29.1 Å². The van der Waals surface area contributed by atoms with E-state index in [4.69, 9.17) is 5.73 Å². The number of halogens is 2. The summed E-state index contributed by atoms with van der Waals surface area (Å²) in [7, 11) is 1.10. The molecule has 5 aromatic rings. The number of nitrogens with two attached hydrogens (primary N) is 1. The summed E-state index contributed by atoms with van der Waals surface area (Å²) in [6.07, 6.45) is 1.51. The summed E-state index contributed by atoms with van der Waals surface area (Å²) in [6, 6.07) is 9.29. The predicted octanol–water partition coefficient (Wildman–Crippen LogP) is 3.61. The summed E-state index contributed by atoms with van der Waals surface area (Å²) in [4.78, 5) is 39.0. The van der Waals surface area contributed by atoms with Crippen LogP contribution < -0.4 is 17.0 Å². The third-order valence-corrected chi connectivity index (χ3v) is 7.92. The summed E-state index contributed by atoms with van der Waals surface area (Å²) in [5.41, 5.74) is 7.77. The number of aromatic amines is 1. The number of hydrogen-bond donors (Lipinski definition) is 2. The van der Waals surface area contributed by atoms with Gasteiger partial charge in [0.1, 0.15) is 18.2 Å². The first kappa shape index (κ1) is 33.8. The third kappa shape index (κ3) is 6.91. The maximum atomic E-state index is 14.2. The van der Waals surface area contributed by atoms with Gasteiger partial charge in [-0.2, -0.15) is 10.2 Å². The highest BCUT2D eigenvalue weighted by Crippen LogP contribution is 2.34. The topological polar surface area (TPSA) is 177 Å². The van der Waals surface area contributed by atoms with Gasteiger partial charge in [0.05, 0.1) is 35.0 Å². The fourth-order valence-electron chi connectivity index (χ4n) is 4.97. The number of nitrogens with zero attached hydrogens (tertiary/aromatic N) is 5. The first-order chi connectivity index (χ1) is 21.5. The second-order valence-electron chi connectivity index (χ2n) is 10.6. The Hall–Kier alpha value is -5.12. The quantitative estimate of drug-likeness (QED) is 0.196. The molecule has 5 rings (SSSR count). The molecule has 3 heterocycles. The molecule has 46 heavy (non-hydrogen) atoms. The van der Waals surface area contributed by atoms with Gasteiger partial charge in [0, 0.05) is 49.6 Å². The molecule has 0 radical (unpaired) electrons. The Morgan fingerprint density at radius 1 is 0.957 bits per heavy atom. The van der Waals surface area contributed by atoms with Gasteiger partial charge in [-0.3, -0.25) is 14.2 Å². The van der Waals surface area contributed by atoms with E-state index in [2.05, 4.69) is 19.9 Å². The van der Waals surface area contributed by atoms with Crippen molar-refractivity contribution in [2.24, 2.45) is 14.1 Å². The maximum Gasteiger partial charge on any atom is 0.339 e. The third-order valence-electron chi connectivity index (χ3n) is 7.19. The molecule has 0 saturated carbocycles. The molecule has 0 aliphatic heterocycles. The molecule has 0 aliphatic carbocycles. The molecule has 0 amide bonds. The number of anilines is 1. The number of carbonyl (C=O) groups excluding carboxylic acids is 1. The van der Waals surface area contributed by atoms with E-state index in [-0.39, 0.29) is 27.7 Å². The number of carbonyl (C=O) groups is 1. The van der Waals surface area contributed by atoms with Crippen LogP contribution in [0.1, 0.15) is 47.7 Å². The van der Waals surface area contributed by atoms with Crippen LogP contribution in [-0.2, 0) is 34.5 Å². The monoisotopic (exact) mass is 657 g/mol. The summed E-state index contributed by atoms with van der Waals surface area (Å²) < 4.78 is 59.4. The van der Waals surface area contributed by atoms with Gasteiger partial charge in [-0.15, -0.1) is 0 Å². The molecule has 0 bridgehead atoms. The van der Waals surface area contributed by atoms with Gasteiger partial charge in [-0.25, -0.2) is 31.4 Å². The van der Waals surface area contributed by atoms with E-state index in [9.17, 15) is 31.6 Å². The fraction of sp³-hybridized carbons (Fsp3) is 0.300. The van der Waals surface area contributed by atoms with Crippen LogP contribution in [0.5, 0.6) is 0 Å². The summed E-state index contributed by atoms with van der Waals surface area (Å²) in [6.45, 7) is 2.77. The molecule has 0 saturated heterocycles. The molecule has 0 spiro atoms. The molecule has 2 atom stereocenters. The highest BCUT2D eigenvalue weighted by Gasteiger charge is 2.21. The molecular formula is C30H33F2N7O6S. The summed E-state index contributed by atoms with van der Waals surface area (Å²) in [5, 5.41) is 8.20. The molecular weight excluding hydrogens is 624 g/mol. The van der Waals surface area contributed by atoms with Crippen molar-refractivity contribution in [3.63, 3.8) is 0 Å². The van der Waals surface area contributed by atoms with Crippen LogP contribution in [-0.4, -0.2) is 56.9 Å². The van der Waals surface area contributed by atoms with E-state index >= 15 is 0 Å². The number of fused-ring (bicyclic) bond motifs is 1. The van der Waals surface area contributed by atoms with Crippen molar-refractivity contribution in [3.8, 4) is 22.5 Å². The van der Waals surface area contributed by atoms with Crippen molar-refractivity contribution < 1.29 is 26.7 Å². The Kier molecular flexibility index (Phi) is 9.60. The minimum Gasteiger partial charge on any atom is -0.465 e. The Balaban J connectivity index is 0.000000216. The number of methoxy groups -OCH3 is 1. The van der Waals surface area contributed by atoms with E-state index in [1.165, 1.54) is 43.8 Å². The van der Waals surface area contributed by atoms with Gasteiger partial charge >= 0.3 is 11.7 Å². The molecule has 3 aromatic heterocycles. The van der Waals surface area contributed by atoms with Crippen LogP contribution in [0.15, 0.2) is 58.4 Å². The fourth-order valence-corrected chi connectivity index (χ4v) is 5.67. The number of aromatic nitrogens is 6. The number of aryl methyl sites for hydroxylation is 2. The van der Waals surface area contributed by atoms with Crippen LogP contribution in [0, 0.1) is 0 Å². The molecule has 0 aliphatic rings. The number of nitrogens with one attached hydrogen (secondary N) is 1. The predicted molar refractivity (Wildman–Crippen MR) is 169 cm³/mol. The number of alkyl halides is 2. The maximum absolute atomic E-state index is 14.2. The molecule has 2 unspecified atom stereocenters. The van der Waals surface area contributed by atoms with Crippen LogP contribution in [0.2, 0.25) is 0 Å². The zero-order valence-electron chi connectivity index (χ0n) is 25.9.